The molecular formula is C15H18O4. The van der Waals surface area contributed by atoms with Gasteiger partial charge in [-0.15, -0.1) is 0 Å². The lowest BCUT2D eigenvalue weighted by molar-refractivity contribution is -0.133. The second-order valence-corrected chi connectivity index (χ2v) is 4.21. The summed E-state index contributed by atoms with van der Waals surface area (Å²) in [6, 6.07) is 0. The summed E-state index contributed by atoms with van der Waals surface area (Å²) in [6.07, 6.45) is 9.29. The van der Waals surface area contributed by atoms with Crippen LogP contribution >= 0.6 is 0 Å². The van der Waals surface area contributed by atoms with Crippen molar-refractivity contribution >= 4 is 11.8 Å². The summed E-state index contributed by atoms with van der Waals surface area (Å²) >= 11 is 0. The molecule has 1 heterocycles. The van der Waals surface area contributed by atoms with Crippen LogP contribution in [0.15, 0.2) is 24.3 Å². The predicted octanol–water partition coefficient (Wildman–Crippen LogP) is 1.80. The van der Waals surface area contributed by atoms with Crippen molar-refractivity contribution in [3.8, 4) is 11.8 Å². The smallest absolute Gasteiger partial charge is 0.384 e. The molecule has 1 aliphatic rings. The highest BCUT2D eigenvalue weighted by Gasteiger charge is 2.16. The Morgan fingerprint density at radius 2 is 2.32 bits per heavy atom. The average Bonchev–Trinajstić information content (AvgIpc) is 2.38. The van der Waals surface area contributed by atoms with E-state index in [0.717, 1.165) is 6.42 Å². The lowest BCUT2D eigenvalue weighted by Crippen LogP contribution is -2.23. The Hall–Kier alpha value is -1.86. The fourth-order valence-electron chi connectivity index (χ4n) is 1.66. The van der Waals surface area contributed by atoms with Crippen LogP contribution in [0.5, 0.6) is 0 Å². The van der Waals surface area contributed by atoms with Crippen LogP contribution in [0, 0.1) is 11.8 Å². The van der Waals surface area contributed by atoms with Gasteiger partial charge in [0.15, 0.2) is 5.78 Å². The van der Waals surface area contributed by atoms with Crippen molar-refractivity contribution in [1.29, 1.82) is 0 Å². The van der Waals surface area contributed by atoms with E-state index < -0.39 is 5.97 Å². The first-order chi connectivity index (χ1) is 9.11. The first-order valence-corrected chi connectivity index (χ1v) is 6.18. The van der Waals surface area contributed by atoms with Gasteiger partial charge in [0.05, 0.1) is 19.3 Å². The summed E-state index contributed by atoms with van der Waals surface area (Å²) < 4.78 is 10.2. The number of hydrogen-bond donors (Lipinski definition) is 0. The Balaban J connectivity index is 2.39. The summed E-state index contributed by atoms with van der Waals surface area (Å²) in [5.41, 5.74) is 0. The second-order valence-electron chi connectivity index (χ2n) is 4.21. The van der Waals surface area contributed by atoms with Crippen LogP contribution in [0.3, 0.4) is 0 Å². The van der Waals surface area contributed by atoms with Crippen LogP contribution < -0.4 is 0 Å². The molecule has 19 heavy (non-hydrogen) atoms. The molecule has 0 saturated heterocycles. The number of ketones is 1. The number of allylic oxidation sites excluding steroid dienone is 1. The normalized spacial score (nSPS) is 21.8. The average molecular weight is 262 g/mol. The molecule has 102 valence electrons. The molecule has 4 nitrogen and oxygen atoms in total. The van der Waals surface area contributed by atoms with Gasteiger partial charge in [-0.3, -0.25) is 4.79 Å². The summed E-state index contributed by atoms with van der Waals surface area (Å²) in [7, 11) is 1.30. The maximum atomic E-state index is 10.8. The highest BCUT2D eigenvalue weighted by atomic mass is 16.5. The summed E-state index contributed by atoms with van der Waals surface area (Å²) in [6.45, 7) is 1.52. The van der Waals surface area contributed by atoms with Crippen molar-refractivity contribution in [2.45, 2.75) is 38.4 Å². The van der Waals surface area contributed by atoms with E-state index in [0.29, 0.717) is 12.8 Å². The molecule has 0 bridgehead atoms. The summed E-state index contributed by atoms with van der Waals surface area (Å²) in [5.74, 6) is 4.59. The van der Waals surface area contributed by atoms with Crippen LogP contribution in [0.4, 0.5) is 0 Å². The van der Waals surface area contributed by atoms with E-state index >= 15 is 0 Å². The van der Waals surface area contributed by atoms with Crippen LogP contribution in [0.2, 0.25) is 0 Å². The number of methoxy groups -OCH3 is 1. The quantitative estimate of drug-likeness (QED) is 0.255. The van der Waals surface area contributed by atoms with Gasteiger partial charge in [-0.25, -0.2) is 4.79 Å². The number of ether oxygens (including phenoxy) is 2. The molecule has 0 spiro atoms. The van der Waals surface area contributed by atoms with Gasteiger partial charge in [0, 0.05) is 12.3 Å². The molecular weight excluding hydrogens is 244 g/mol. The van der Waals surface area contributed by atoms with Crippen LogP contribution in [-0.2, 0) is 19.1 Å². The number of carbonyl (C=O) groups excluding carboxylic acids is 2. The SMILES string of the molecule is COC(=O)C#CC[C@@H]1C=CC[C@@H](C/C=C/C(C)=O)O1. The zero-order valence-electron chi connectivity index (χ0n) is 11.2. The number of rotatable bonds is 4. The fourth-order valence-corrected chi connectivity index (χ4v) is 1.66. The molecule has 0 unspecified atom stereocenters. The third-order valence-corrected chi connectivity index (χ3v) is 2.55. The number of carbonyl (C=O) groups is 2. The van der Waals surface area contributed by atoms with Crippen LogP contribution in [0.1, 0.15) is 26.2 Å². The number of hydrogen-bond acceptors (Lipinski definition) is 4. The van der Waals surface area contributed by atoms with Crippen LogP contribution in [0.25, 0.3) is 0 Å². The highest BCUT2D eigenvalue weighted by Crippen LogP contribution is 2.17. The minimum Gasteiger partial charge on any atom is -0.459 e. The van der Waals surface area contributed by atoms with Crippen molar-refractivity contribution in [1.82, 2.24) is 0 Å². The standard InChI is InChI=1S/C15H18O4/c1-12(16)6-3-7-13-8-4-9-14(19-13)10-5-11-15(17)18-2/h3-4,6,9,13-14H,7-8,10H2,1-2H3/b6-3+/t13-,14+/m1/s1. The van der Waals surface area contributed by atoms with Crippen molar-refractivity contribution < 1.29 is 19.1 Å². The van der Waals surface area contributed by atoms with Crippen molar-refractivity contribution in [3.05, 3.63) is 24.3 Å². The van der Waals surface area contributed by atoms with E-state index in [4.69, 9.17) is 4.74 Å². The highest BCUT2D eigenvalue weighted by molar-refractivity contribution is 5.88. The minimum absolute atomic E-state index is 0.0341. The van der Waals surface area contributed by atoms with E-state index in [1.165, 1.54) is 14.0 Å². The van der Waals surface area contributed by atoms with Gasteiger partial charge in [-0.05, 0) is 25.8 Å². The lowest BCUT2D eigenvalue weighted by atomic mass is 10.1. The Labute approximate surface area is 113 Å². The molecule has 0 saturated carbocycles. The van der Waals surface area contributed by atoms with Gasteiger partial charge in [-0.2, -0.15) is 0 Å². The van der Waals surface area contributed by atoms with Gasteiger partial charge in [0.2, 0.25) is 0 Å². The molecule has 0 amide bonds. The molecule has 0 aromatic rings. The van der Waals surface area contributed by atoms with E-state index in [-0.39, 0.29) is 18.0 Å². The zero-order chi connectivity index (χ0) is 14.1. The molecule has 1 aliphatic heterocycles. The van der Waals surface area contributed by atoms with Crippen molar-refractivity contribution in [3.63, 3.8) is 0 Å². The molecule has 0 N–H and O–H groups in total. The molecule has 1 rings (SSSR count). The van der Waals surface area contributed by atoms with E-state index in [1.54, 1.807) is 6.08 Å². The first-order valence-electron chi connectivity index (χ1n) is 6.18. The van der Waals surface area contributed by atoms with Gasteiger partial charge < -0.3 is 9.47 Å². The maximum absolute atomic E-state index is 10.8. The lowest BCUT2D eigenvalue weighted by Gasteiger charge is -2.23. The molecule has 0 aromatic heterocycles. The Kier molecular flexibility index (Phi) is 6.62. The summed E-state index contributed by atoms with van der Waals surface area (Å²) in [4.78, 5) is 21.6. The number of esters is 1. The monoisotopic (exact) mass is 262 g/mol. The summed E-state index contributed by atoms with van der Waals surface area (Å²) in [5, 5.41) is 0. The zero-order valence-corrected chi connectivity index (χ0v) is 11.2. The third-order valence-electron chi connectivity index (χ3n) is 2.55. The Bertz CT molecular complexity index is 437. The topological polar surface area (TPSA) is 52.6 Å². The molecule has 4 heteroatoms. The maximum Gasteiger partial charge on any atom is 0.384 e. The van der Waals surface area contributed by atoms with Gasteiger partial charge >= 0.3 is 5.97 Å². The van der Waals surface area contributed by atoms with E-state index in [2.05, 4.69) is 16.6 Å². The first kappa shape index (κ1) is 15.2. The van der Waals surface area contributed by atoms with Gasteiger partial charge in [0.1, 0.15) is 0 Å². The van der Waals surface area contributed by atoms with E-state index in [1.807, 2.05) is 18.2 Å². The van der Waals surface area contributed by atoms with Gasteiger partial charge in [0.25, 0.3) is 0 Å². The Morgan fingerprint density at radius 1 is 1.53 bits per heavy atom. The Morgan fingerprint density at radius 3 is 3.00 bits per heavy atom. The molecule has 0 fully saturated rings. The largest absolute Gasteiger partial charge is 0.459 e. The molecule has 2 atom stereocenters. The van der Waals surface area contributed by atoms with Crippen molar-refractivity contribution in [2.75, 3.05) is 7.11 Å². The van der Waals surface area contributed by atoms with Crippen LogP contribution in [-0.4, -0.2) is 31.1 Å². The fraction of sp³-hybridized carbons (Fsp3) is 0.467. The van der Waals surface area contributed by atoms with Crippen molar-refractivity contribution in [2.24, 2.45) is 0 Å². The van der Waals surface area contributed by atoms with Gasteiger partial charge in [-0.1, -0.05) is 24.1 Å². The molecule has 0 aromatic carbocycles. The third kappa shape index (κ3) is 6.58. The molecule has 0 radical (unpaired) electrons. The minimum atomic E-state index is -0.541. The van der Waals surface area contributed by atoms with E-state index in [9.17, 15) is 9.59 Å². The predicted molar refractivity (Wildman–Crippen MR) is 71.3 cm³/mol. The second kappa shape index (κ2) is 8.28. The molecule has 0 aliphatic carbocycles.